The number of alkyl halides is 3. The number of hydrogen-bond donors (Lipinski definition) is 2. The summed E-state index contributed by atoms with van der Waals surface area (Å²) in [6.07, 6.45) is -3.30. The van der Waals surface area contributed by atoms with Crippen molar-refractivity contribution in [1.29, 1.82) is 0 Å². The Hall–Kier alpha value is -1.34. The van der Waals surface area contributed by atoms with Gasteiger partial charge in [0.15, 0.2) is 0 Å². The van der Waals surface area contributed by atoms with Gasteiger partial charge in [-0.2, -0.15) is 13.2 Å². The average molecular weight is 341 g/mol. The lowest BCUT2D eigenvalue weighted by Gasteiger charge is -2.28. The normalized spacial score (nSPS) is 21.9. The fraction of sp³-hybridized carbons (Fsp3) is 0.500. The molecule has 2 rings (SSSR count). The Morgan fingerprint density at radius 1 is 1.32 bits per heavy atom. The van der Waals surface area contributed by atoms with Crippen molar-refractivity contribution in [3.63, 3.8) is 0 Å². The van der Waals surface area contributed by atoms with Crippen molar-refractivity contribution < 1.29 is 22.4 Å². The van der Waals surface area contributed by atoms with Gasteiger partial charge in [0.05, 0.1) is 5.56 Å². The maximum atomic E-state index is 13.3. The molecule has 0 radical (unpaired) electrons. The zero-order valence-electron chi connectivity index (χ0n) is 11.8. The minimum atomic E-state index is -4.68. The topological polar surface area (TPSA) is 41.1 Å². The van der Waals surface area contributed by atoms with E-state index < -0.39 is 23.5 Å². The van der Waals surface area contributed by atoms with Crippen LogP contribution in [0.2, 0.25) is 0 Å². The molecule has 0 aliphatic carbocycles. The van der Waals surface area contributed by atoms with Gasteiger partial charge in [-0.05, 0) is 44.5 Å². The van der Waals surface area contributed by atoms with Crippen LogP contribution in [-0.2, 0) is 6.18 Å². The summed E-state index contributed by atoms with van der Waals surface area (Å²) in [6.45, 7) is 2.69. The first-order chi connectivity index (χ1) is 9.75. The first kappa shape index (κ1) is 18.7. The molecule has 1 amide bonds. The molecule has 0 saturated carbocycles. The molecule has 1 aliphatic rings. The van der Waals surface area contributed by atoms with Crippen LogP contribution in [0.4, 0.5) is 17.6 Å². The van der Waals surface area contributed by atoms with Crippen molar-refractivity contribution in [1.82, 2.24) is 10.6 Å². The molecule has 2 unspecified atom stereocenters. The average Bonchev–Trinajstić information content (AvgIpc) is 2.37. The third-order valence-corrected chi connectivity index (χ3v) is 3.45. The lowest BCUT2D eigenvalue weighted by atomic mass is 10.00. The van der Waals surface area contributed by atoms with Gasteiger partial charge >= 0.3 is 6.18 Å². The van der Waals surface area contributed by atoms with Crippen LogP contribution in [0.1, 0.15) is 35.7 Å². The van der Waals surface area contributed by atoms with E-state index in [-0.39, 0.29) is 30.1 Å². The monoisotopic (exact) mass is 340 g/mol. The molecule has 1 aliphatic heterocycles. The van der Waals surface area contributed by atoms with Crippen molar-refractivity contribution in [2.45, 2.75) is 38.0 Å². The SMILES string of the molecule is CC1CC(NC(=O)c2cc(F)cc(C(F)(F)F)c2)CCN1.Cl. The van der Waals surface area contributed by atoms with Crippen LogP contribution in [0.25, 0.3) is 0 Å². The molecular weight excluding hydrogens is 324 g/mol. The molecule has 1 fully saturated rings. The van der Waals surface area contributed by atoms with E-state index in [1.165, 1.54) is 0 Å². The highest BCUT2D eigenvalue weighted by molar-refractivity contribution is 5.94. The predicted octanol–water partition coefficient (Wildman–Crippen LogP) is 3.14. The van der Waals surface area contributed by atoms with Crippen molar-refractivity contribution >= 4 is 18.3 Å². The summed E-state index contributed by atoms with van der Waals surface area (Å²) in [5.41, 5.74) is -1.47. The van der Waals surface area contributed by atoms with E-state index in [1.807, 2.05) is 6.92 Å². The minimum Gasteiger partial charge on any atom is -0.349 e. The zero-order chi connectivity index (χ0) is 15.6. The fourth-order valence-corrected chi connectivity index (χ4v) is 2.42. The summed E-state index contributed by atoms with van der Waals surface area (Å²) >= 11 is 0. The Labute approximate surface area is 131 Å². The third-order valence-electron chi connectivity index (χ3n) is 3.45. The van der Waals surface area contributed by atoms with Crippen molar-refractivity contribution in [2.24, 2.45) is 0 Å². The Bertz CT molecular complexity index is 536. The van der Waals surface area contributed by atoms with Crippen molar-refractivity contribution in [3.05, 3.63) is 35.1 Å². The summed E-state index contributed by atoms with van der Waals surface area (Å²) in [5, 5.41) is 5.86. The van der Waals surface area contributed by atoms with E-state index in [0.29, 0.717) is 25.0 Å². The highest BCUT2D eigenvalue weighted by Gasteiger charge is 2.32. The molecule has 3 nitrogen and oxygen atoms in total. The van der Waals surface area contributed by atoms with E-state index in [1.54, 1.807) is 0 Å². The molecule has 0 aromatic heterocycles. The van der Waals surface area contributed by atoms with Gasteiger partial charge in [0.25, 0.3) is 5.91 Å². The number of halogens is 5. The van der Waals surface area contributed by atoms with Gasteiger partial charge in [-0.15, -0.1) is 12.4 Å². The van der Waals surface area contributed by atoms with E-state index >= 15 is 0 Å². The highest BCUT2D eigenvalue weighted by atomic mass is 35.5. The van der Waals surface area contributed by atoms with Crippen LogP contribution in [-0.4, -0.2) is 24.5 Å². The number of amides is 1. The first-order valence-corrected chi connectivity index (χ1v) is 6.68. The second kappa shape index (κ2) is 7.28. The molecule has 1 aromatic carbocycles. The van der Waals surface area contributed by atoms with Gasteiger partial charge in [-0.1, -0.05) is 0 Å². The van der Waals surface area contributed by atoms with Crippen LogP contribution in [0.15, 0.2) is 18.2 Å². The standard InChI is InChI=1S/C14H16F4N2O.ClH/c1-8-4-12(2-3-19-8)20-13(21)9-5-10(14(16,17)18)7-11(15)6-9;/h5-8,12,19H,2-4H2,1H3,(H,20,21);1H. The van der Waals surface area contributed by atoms with Gasteiger partial charge in [0.2, 0.25) is 0 Å². The van der Waals surface area contributed by atoms with E-state index in [2.05, 4.69) is 10.6 Å². The molecule has 2 N–H and O–H groups in total. The van der Waals surface area contributed by atoms with E-state index in [9.17, 15) is 22.4 Å². The molecule has 0 bridgehead atoms. The minimum absolute atomic E-state index is 0. The molecule has 1 aromatic rings. The summed E-state index contributed by atoms with van der Waals surface area (Å²) in [6, 6.07) is 1.97. The Morgan fingerprint density at radius 3 is 2.59 bits per heavy atom. The number of hydrogen-bond acceptors (Lipinski definition) is 2. The largest absolute Gasteiger partial charge is 0.416 e. The number of carbonyl (C=O) groups is 1. The highest BCUT2D eigenvalue weighted by Crippen LogP contribution is 2.30. The number of carbonyl (C=O) groups excluding carboxylic acids is 1. The Balaban J connectivity index is 0.00000242. The summed E-state index contributed by atoms with van der Waals surface area (Å²) < 4.78 is 51.1. The first-order valence-electron chi connectivity index (χ1n) is 6.68. The zero-order valence-corrected chi connectivity index (χ0v) is 12.7. The van der Waals surface area contributed by atoms with E-state index in [4.69, 9.17) is 0 Å². The van der Waals surface area contributed by atoms with E-state index in [0.717, 1.165) is 12.6 Å². The van der Waals surface area contributed by atoms with Gasteiger partial charge < -0.3 is 10.6 Å². The molecular formula is C14H17ClF4N2O. The number of nitrogens with one attached hydrogen (secondary N) is 2. The number of piperidine rings is 1. The quantitative estimate of drug-likeness (QED) is 0.812. The van der Waals surface area contributed by atoms with Gasteiger partial charge in [-0.3, -0.25) is 4.79 Å². The molecule has 124 valence electrons. The summed E-state index contributed by atoms with van der Waals surface area (Å²) in [4.78, 5) is 12.0. The fourth-order valence-electron chi connectivity index (χ4n) is 2.42. The lowest BCUT2D eigenvalue weighted by molar-refractivity contribution is -0.137. The van der Waals surface area contributed by atoms with Crippen LogP contribution in [0, 0.1) is 5.82 Å². The molecule has 1 heterocycles. The van der Waals surface area contributed by atoms with Crippen LogP contribution in [0.3, 0.4) is 0 Å². The second-order valence-electron chi connectivity index (χ2n) is 5.28. The predicted molar refractivity (Wildman–Crippen MR) is 76.6 cm³/mol. The molecule has 8 heteroatoms. The van der Waals surface area contributed by atoms with Crippen LogP contribution >= 0.6 is 12.4 Å². The summed E-state index contributed by atoms with van der Waals surface area (Å²) in [7, 11) is 0. The molecule has 22 heavy (non-hydrogen) atoms. The number of rotatable bonds is 2. The van der Waals surface area contributed by atoms with Crippen LogP contribution < -0.4 is 10.6 Å². The van der Waals surface area contributed by atoms with Gasteiger partial charge in [0, 0.05) is 17.6 Å². The Morgan fingerprint density at radius 2 is 2.00 bits per heavy atom. The number of benzene rings is 1. The molecule has 0 spiro atoms. The Kier molecular flexibility index (Phi) is 6.19. The second-order valence-corrected chi connectivity index (χ2v) is 5.28. The smallest absolute Gasteiger partial charge is 0.349 e. The van der Waals surface area contributed by atoms with Crippen molar-refractivity contribution in [3.8, 4) is 0 Å². The van der Waals surface area contributed by atoms with Crippen LogP contribution in [0.5, 0.6) is 0 Å². The molecule has 1 saturated heterocycles. The van der Waals surface area contributed by atoms with Crippen molar-refractivity contribution in [2.75, 3.05) is 6.54 Å². The maximum Gasteiger partial charge on any atom is 0.416 e. The maximum absolute atomic E-state index is 13.3. The summed E-state index contributed by atoms with van der Waals surface area (Å²) in [5.74, 6) is -1.76. The van der Waals surface area contributed by atoms with Gasteiger partial charge in [0.1, 0.15) is 5.82 Å². The van der Waals surface area contributed by atoms with Gasteiger partial charge in [-0.25, -0.2) is 4.39 Å². The lowest BCUT2D eigenvalue weighted by Crippen LogP contribution is -2.46. The third kappa shape index (κ3) is 4.84. The molecule has 2 atom stereocenters.